The summed E-state index contributed by atoms with van der Waals surface area (Å²) in [6, 6.07) is 35.5. The van der Waals surface area contributed by atoms with Crippen LogP contribution in [-0.4, -0.2) is 4.90 Å². The minimum Gasteiger partial charge on any atom is -0.331 e. The lowest BCUT2D eigenvalue weighted by Gasteiger charge is -2.45. The third kappa shape index (κ3) is 2.96. The normalized spacial score (nSPS) is 20.9. The van der Waals surface area contributed by atoms with Crippen molar-refractivity contribution in [3.05, 3.63) is 142 Å². The van der Waals surface area contributed by atoms with Gasteiger partial charge < -0.3 is 9.80 Å². The third-order valence-corrected chi connectivity index (χ3v) is 8.13. The summed E-state index contributed by atoms with van der Waals surface area (Å²) in [5.41, 5.74) is 13.0. The van der Waals surface area contributed by atoms with Gasteiger partial charge in [0.05, 0.1) is 11.2 Å². The van der Waals surface area contributed by atoms with Gasteiger partial charge >= 0.3 is 0 Å². The summed E-state index contributed by atoms with van der Waals surface area (Å²) in [4.78, 5) is 5.28. The molecule has 35 heavy (non-hydrogen) atoms. The van der Waals surface area contributed by atoms with Crippen molar-refractivity contribution in [3.8, 4) is 0 Å². The number of anilines is 1. The number of allylic oxidation sites excluding steroid dienone is 1. The van der Waals surface area contributed by atoms with Crippen LogP contribution in [0.4, 0.5) is 5.69 Å². The smallest absolute Gasteiger partial charge is 0.134 e. The van der Waals surface area contributed by atoms with Crippen molar-refractivity contribution >= 4 is 11.4 Å². The number of rotatable bonds is 3. The Morgan fingerprint density at radius 3 is 1.94 bits per heavy atom. The van der Waals surface area contributed by atoms with Crippen molar-refractivity contribution in [2.24, 2.45) is 0 Å². The Bertz CT molecular complexity index is 1450. The number of hydrogen-bond acceptors (Lipinski definition) is 2. The molecule has 0 aliphatic carbocycles. The van der Waals surface area contributed by atoms with E-state index in [0.717, 1.165) is 0 Å². The molecule has 2 aliphatic heterocycles. The van der Waals surface area contributed by atoms with E-state index in [9.17, 15) is 0 Å². The maximum Gasteiger partial charge on any atom is 0.134 e. The second-order valence-corrected chi connectivity index (χ2v) is 10.1. The average Bonchev–Trinajstić information content (AvgIpc) is 3.31. The Balaban J connectivity index is 1.72. The van der Waals surface area contributed by atoms with E-state index < -0.39 is 0 Å². The van der Waals surface area contributed by atoms with Crippen LogP contribution in [-0.2, 0) is 5.54 Å². The van der Waals surface area contributed by atoms with Gasteiger partial charge in [0, 0.05) is 22.5 Å². The van der Waals surface area contributed by atoms with Crippen LogP contribution in [0.2, 0.25) is 0 Å². The molecule has 0 fully saturated rings. The first kappa shape index (κ1) is 21.7. The van der Waals surface area contributed by atoms with Gasteiger partial charge in [-0.15, -0.1) is 0 Å². The topological polar surface area (TPSA) is 6.48 Å². The zero-order valence-corrected chi connectivity index (χ0v) is 21.2. The summed E-state index contributed by atoms with van der Waals surface area (Å²) in [5, 5.41) is 0. The minimum atomic E-state index is -0.300. The highest BCUT2D eigenvalue weighted by Gasteiger charge is 2.55. The van der Waals surface area contributed by atoms with Crippen LogP contribution in [0, 0.1) is 20.8 Å². The highest BCUT2D eigenvalue weighted by Crippen LogP contribution is 2.60. The molecule has 0 N–H and O–H groups in total. The Hall–Kier alpha value is -3.78. The molecule has 0 spiro atoms. The zero-order chi connectivity index (χ0) is 24.3. The zero-order valence-electron chi connectivity index (χ0n) is 21.2. The van der Waals surface area contributed by atoms with Crippen molar-refractivity contribution in [1.82, 2.24) is 4.90 Å². The summed E-state index contributed by atoms with van der Waals surface area (Å²) in [5.74, 6) is 0. The first-order valence-electron chi connectivity index (χ1n) is 12.5. The number of benzene rings is 4. The van der Waals surface area contributed by atoms with Crippen molar-refractivity contribution in [3.63, 3.8) is 0 Å². The summed E-state index contributed by atoms with van der Waals surface area (Å²) >= 11 is 0. The highest BCUT2D eigenvalue weighted by atomic mass is 15.5. The molecule has 0 saturated heterocycles. The quantitative estimate of drug-likeness (QED) is 0.307. The number of hydrogen-bond donors (Lipinski definition) is 0. The second kappa shape index (κ2) is 7.88. The Kier molecular flexibility index (Phi) is 4.89. The van der Waals surface area contributed by atoms with E-state index in [1.807, 2.05) is 0 Å². The monoisotopic (exact) mass is 456 g/mol. The predicted octanol–water partition coefficient (Wildman–Crippen LogP) is 8.10. The SMILES string of the molecule is CC1=C2c3ccccc3C(C)(c3ccccc3)N2C(c2c(C)cccc2C)N1c1ccccc1C. The van der Waals surface area contributed by atoms with E-state index in [-0.39, 0.29) is 11.7 Å². The van der Waals surface area contributed by atoms with E-state index in [4.69, 9.17) is 0 Å². The van der Waals surface area contributed by atoms with E-state index >= 15 is 0 Å². The number of para-hydroxylation sites is 1. The molecule has 2 aliphatic rings. The fourth-order valence-corrected chi connectivity index (χ4v) is 6.44. The molecular formula is C33H32N2. The van der Waals surface area contributed by atoms with Crippen LogP contribution in [0.3, 0.4) is 0 Å². The number of fused-ring (bicyclic) bond motifs is 3. The molecular weight excluding hydrogens is 424 g/mol. The van der Waals surface area contributed by atoms with Gasteiger partial charge in [0.15, 0.2) is 0 Å². The van der Waals surface area contributed by atoms with E-state index in [1.54, 1.807) is 0 Å². The first-order valence-corrected chi connectivity index (χ1v) is 12.5. The van der Waals surface area contributed by atoms with Gasteiger partial charge in [0.1, 0.15) is 6.17 Å². The van der Waals surface area contributed by atoms with Crippen molar-refractivity contribution < 1.29 is 0 Å². The lowest BCUT2D eigenvalue weighted by Crippen LogP contribution is -2.44. The summed E-state index contributed by atoms with van der Waals surface area (Å²) in [6.45, 7) is 11.5. The molecule has 0 radical (unpaired) electrons. The minimum absolute atomic E-state index is 0.0462. The molecule has 0 bridgehead atoms. The second-order valence-electron chi connectivity index (χ2n) is 10.1. The summed E-state index contributed by atoms with van der Waals surface area (Å²) in [6.07, 6.45) is 0.0462. The fourth-order valence-electron chi connectivity index (χ4n) is 6.44. The van der Waals surface area contributed by atoms with Crippen molar-refractivity contribution in [1.29, 1.82) is 0 Å². The van der Waals surface area contributed by atoms with Crippen LogP contribution < -0.4 is 4.90 Å². The van der Waals surface area contributed by atoms with Crippen LogP contribution in [0.1, 0.15) is 59.0 Å². The third-order valence-electron chi connectivity index (χ3n) is 8.13. The molecule has 0 amide bonds. The maximum absolute atomic E-state index is 2.70. The molecule has 0 saturated carbocycles. The molecule has 4 aromatic carbocycles. The van der Waals surface area contributed by atoms with Gasteiger partial charge in [0.2, 0.25) is 0 Å². The molecule has 174 valence electrons. The Morgan fingerprint density at radius 1 is 0.629 bits per heavy atom. The first-order chi connectivity index (χ1) is 16.9. The number of nitrogens with zero attached hydrogens (tertiary/aromatic N) is 2. The molecule has 4 aromatic rings. The van der Waals surface area contributed by atoms with Gasteiger partial charge in [-0.25, -0.2) is 0 Å². The van der Waals surface area contributed by atoms with Crippen molar-refractivity contribution in [2.75, 3.05) is 4.90 Å². The molecule has 6 rings (SSSR count). The van der Waals surface area contributed by atoms with E-state index in [2.05, 4.69) is 141 Å². The Morgan fingerprint density at radius 2 is 1.23 bits per heavy atom. The maximum atomic E-state index is 2.70. The lowest BCUT2D eigenvalue weighted by molar-refractivity contribution is 0.191. The Labute approximate surface area is 209 Å². The standard InChI is InChI=1S/C33H32N2/c1-22-14-9-12-21-29(22)34-25(4)31-27-19-10-11-20-28(27)33(5,26-17-7-6-8-18-26)35(31)32(34)30-23(2)15-13-16-24(30)3/h6-21,32H,1-5H3. The van der Waals surface area contributed by atoms with Gasteiger partial charge in [-0.3, -0.25) is 0 Å². The van der Waals surface area contributed by atoms with Crippen molar-refractivity contribution in [2.45, 2.75) is 46.3 Å². The van der Waals surface area contributed by atoms with Gasteiger partial charge in [-0.05, 0) is 68.5 Å². The van der Waals surface area contributed by atoms with E-state index in [1.165, 1.54) is 56.0 Å². The molecule has 2 heteroatoms. The number of aryl methyl sites for hydroxylation is 3. The van der Waals surface area contributed by atoms with E-state index in [0.29, 0.717) is 0 Å². The average molecular weight is 457 g/mol. The highest BCUT2D eigenvalue weighted by molar-refractivity contribution is 5.84. The van der Waals surface area contributed by atoms with Crippen LogP contribution in [0.15, 0.2) is 103 Å². The molecule has 2 heterocycles. The van der Waals surface area contributed by atoms with Crippen LogP contribution in [0.5, 0.6) is 0 Å². The summed E-state index contributed by atoms with van der Waals surface area (Å²) in [7, 11) is 0. The largest absolute Gasteiger partial charge is 0.331 e. The lowest BCUT2D eigenvalue weighted by atomic mass is 9.83. The van der Waals surface area contributed by atoms with Crippen LogP contribution in [0.25, 0.3) is 5.70 Å². The van der Waals surface area contributed by atoms with Gasteiger partial charge in [0.25, 0.3) is 0 Å². The van der Waals surface area contributed by atoms with Crippen LogP contribution >= 0.6 is 0 Å². The van der Waals surface area contributed by atoms with Gasteiger partial charge in [-0.1, -0.05) is 91.0 Å². The molecule has 2 unspecified atom stereocenters. The molecule has 2 nitrogen and oxygen atoms in total. The van der Waals surface area contributed by atoms with Gasteiger partial charge in [-0.2, -0.15) is 0 Å². The fraction of sp³-hybridized carbons (Fsp3) is 0.212. The summed E-state index contributed by atoms with van der Waals surface area (Å²) < 4.78 is 0. The molecule has 0 aromatic heterocycles. The molecule has 2 atom stereocenters. The predicted molar refractivity (Wildman–Crippen MR) is 146 cm³/mol.